The van der Waals surface area contributed by atoms with E-state index in [4.69, 9.17) is 0 Å². The molecule has 190 valence electrons. The molecule has 8 heteroatoms. The zero-order chi connectivity index (χ0) is 25.8. The summed E-state index contributed by atoms with van der Waals surface area (Å²) in [5.41, 5.74) is 4.32. The van der Waals surface area contributed by atoms with Crippen LogP contribution in [0.3, 0.4) is 0 Å². The number of anilines is 1. The summed E-state index contributed by atoms with van der Waals surface area (Å²) < 4.78 is 26.5. The second-order valence-corrected chi connectivity index (χ2v) is 11.6. The van der Waals surface area contributed by atoms with Gasteiger partial charge in [0.1, 0.15) is 12.6 Å². The molecule has 0 aliphatic heterocycles. The topological polar surface area (TPSA) is 86.8 Å². The molecule has 0 spiro atoms. The molecule has 2 amide bonds. The van der Waals surface area contributed by atoms with Crippen molar-refractivity contribution < 1.29 is 18.0 Å². The number of sulfonamides is 1. The maximum Gasteiger partial charge on any atom is 0.244 e. The summed E-state index contributed by atoms with van der Waals surface area (Å²) in [7, 11) is -3.74. The predicted molar refractivity (Wildman–Crippen MR) is 140 cm³/mol. The zero-order valence-corrected chi connectivity index (χ0v) is 22.2. The third-order valence-corrected chi connectivity index (χ3v) is 8.07. The van der Waals surface area contributed by atoms with Crippen LogP contribution in [0.4, 0.5) is 5.69 Å². The number of benzene rings is 2. The molecule has 0 saturated heterocycles. The van der Waals surface area contributed by atoms with E-state index in [1.165, 1.54) is 4.90 Å². The molecule has 0 unspecified atom stereocenters. The Morgan fingerprint density at radius 2 is 1.66 bits per heavy atom. The average Bonchev–Trinajstić information content (AvgIpc) is 3.30. The number of carbonyl (C=O) groups excluding carboxylic acids is 2. The van der Waals surface area contributed by atoms with E-state index >= 15 is 0 Å². The van der Waals surface area contributed by atoms with Crippen molar-refractivity contribution in [1.29, 1.82) is 0 Å². The molecule has 0 aromatic heterocycles. The van der Waals surface area contributed by atoms with E-state index in [9.17, 15) is 18.0 Å². The Labute approximate surface area is 209 Å². The molecule has 2 aromatic carbocycles. The van der Waals surface area contributed by atoms with Gasteiger partial charge in [0.25, 0.3) is 0 Å². The van der Waals surface area contributed by atoms with E-state index in [-0.39, 0.29) is 25.0 Å². The van der Waals surface area contributed by atoms with Gasteiger partial charge in [0.15, 0.2) is 0 Å². The molecule has 1 N–H and O–H groups in total. The highest BCUT2D eigenvalue weighted by atomic mass is 32.2. The largest absolute Gasteiger partial charge is 0.352 e. The molecular formula is C27H37N3O4S. The normalized spacial score (nSPS) is 15.0. The van der Waals surface area contributed by atoms with Gasteiger partial charge in [0.05, 0.1) is 11.9 Å². The molecule has 1 aliphatic rings. The highest BCUT2D eigenvalue weighted by molar-refractivity contribution is 7.92. The molecule has 35 heavy (non-hydrogen) atoms. The highest BCUT2D eigenvalue weighted by Crippen LogP contribution is 2.23. The van der Waals surface area contributed by atoms with Gasteiger partial charge in [0, 0.05) is 12.6 Å². The van der Waals surface area contributed by atoms with Crippen molar-refractivity contribution in [3.8, 4) is 0 Å². The number of nitrogens with one attached hydrogen (secondary N) is 1. The summed E-state index contributed by atoms with van der Waals surface area (Å²) in [6, 6.07) is 12.4. The van der Waals surface area contributed by atoms with Crippen molar-refractivity contribution in [3.05, 3.63) is 64.7 Å². The second kappa shape index (κ2) is 11.2. The molecule has 0 heterocycles. The van der Waals surface area contributed by atoms with Crippen LogP contribution in [0.2, 0.25) is 0 Å². The summed E-state index contributed by atoms with van der Waals surface area (Å²) in [6.07, 6.45) is 5.16. The van der Waals surface area contributed by atoms with Gasteiger partial charge in [-0.25, -0.2) is 8.42 Å². The summed E-state index contributed by atoms with van der Waals surface area (Å²) in [6.45, 7) is 7.36. The summed E-state index contributed by atoms with van der Waals surface area (Å²) in [5, 5.41) is 3.08. The Balaban J connectivity index is 1.90. The first-order valence-electron chi connectivity index (χ1n) is 12.2. The van der Waals surface area contributed by atoms with Crippen LogP contribution in [0.15, 0.2) is 42.5 Å². The van der Waals surface area contributed by atoms with Crippen LogP contribution in [0.5, 0.6) is 0 Å². The van der Waals surface area contributed by atoms with Gasteiger partial charge < -0.3 is 10.2 Å². The third-order valence-electron chi connectivity index (χ3n) is 6.93. The second-order valence-electron chi connectivity index (χ2n) is 9.65. The van der Waals surface area contributed by atoms with Crippen LogP contribution < -0.4 is 9.62 Å². The fraction of sp³-hybridized carbons (Fsp3) is 0.481. The fourth-order valence-corrected chi connectivity index (χ4v) is 5.28. The van der Waals surface area contributed by atoms with E-state index < -0.39 is 22.0 Å². The van der Waals surface area contributed by atoms with Crippen LogP contribution in [0, 0.1) is 20.8 Å². The molecular weight excluding hydrogens is 462 g/mol. The number of aryl methyl sites for hydroxylation is 3. The standard InChI is InChI=1S/C27H37N3O4S/c1-19-14-15-25(16-21(19)3)30(35(5,33)34)18-26(31)29(17-23-11-7-6-10-20(23)2)22(4)27(32)28-24-12-8-9-13-24/h6-7,10-11,14-16,22,24H,8-9,12-13,17-18H2,1-5H3,(H,28,32)/t22-/m1/s1. The molecule has 0 radical (unpaired) electrons. The van der Waals surface area contributed by atoms with Crippen LogP contribution in [0.25, 0.3) is 0 Å². The number of nitrogens with zero attached hydrogens (tertiary/aromatic N) is 2. The Kier molecular flexibility index (Phi) is 8.59. The van der Waals surface area contributed by atoms with E-state index in [0.29, 0.717) is 5.69 Å². The lowest BCUT2D eigenvalue weighted by Crippen LogP contribution is -2.52. The molecule has 1 saturated carbocycles. The Hall–Kier alpha value is -2.87. The molecule has 1 atom stereocenters. The van der Waals surface area contributed by atoms with Crippen LogP contribution in [0.1, 0.15) is 54.9 Å². The fourth-order valence-electron chi connectivity index (χ4n) is 4.44. The van der Waals surface area contributed by atoms with Crippen molar-refractivity contribution >= 4 is 27.5 Å². The van der Waals surface area contributed by atoms with Crippen LogP contribution in [-0.2, 0) is 26.2 Å². The molecule has 1 aliphatic carbocycles. The smallest absolute Gasteiger partial charge is 0.244 e. The molecule has 3 rings (SSSR count). The minimum atomic E-state index is -3.74. The van der Waals surface area contributed by atoms with Crippen molar-refractivity contribution in [2.45, 2.75) is 72.0 Å². The summed E-state index contributed by atoms with van der Waals surface area (Å²) >= 11 is 0. The SMILES string of the molecule is Cc1ccc(N(CC(=O)N(Cc2ccccc2C)[C@H](C)C(=O)NC2CCCC2)S(C)(=O)=O)cc1C. The summed E-state index contributed by atoms with van der Waals surface area (Å²) in [4.78, 5) is 28.3. The molecule has 7 nitrogen and oxygen atoms in total. The number of amides is 2. The monoisotopic (exact) mass is 499 g/mol. The van der Waals surface area contributed by atoms with Crippen LogP contribution >= 0.6 is 0 Å². The lowest BCUT2D eigenvalue weighted by atomic mass is 10.1. The third kappa shape index (κ3) is 6.84. The van der Waals surface area contributed by atoms with Gasteiger partial charge in [-0.15, -0.1) is 0 Å². The number of rotatable bonds is 9. The van der Waals surface area contributed by atoms with Gasteiger partial charge in [-0.05, 0) is 74.9 Å². The maximum atomic E-state index is 13.7. The zero-order valence-electron chi connectivity index (χ0n) is 21.4. The minimum Gasteiger partial charge on any atom is -0.352 e. The van der Waals surface area contributed by atoms with Gasteiger partial charge in [-0.1, -0.05) is 43.2 Å². The lowest BCUT2D eigenvalue weighted by Gasteiger charge is -2.32. The first-order chi connectivity index (χ1) is 16.5. The molecule has 1 fully saturated rings. The van der Waals surface area contributed by atoms with E-state index in [1.807, 2.05) is 51.1 Å². The van der Waals surface area contributed by atoms with Crippen molar-refractivity contribution in [1.82, 2.24) is 10.2 Å². The van der Waals surface area contributed by atoms with Crippen molar-refractivity contribution in [2.24, 2.45) is 0 Å². The van der Waals surface area contributed by atoms with Gasteiger partial charge in [0.2, 0.25) is 21.8 Å². The highest BCUT2D eigenvalue weighted by Gasteiger charge is 2.31. The summed E-state index contributed by atoms with van der Waals surface area (Å²) in [5.74, 6) is -0.637. The van der Waals surface area contributed by atoms with Crippen molar-refractivity contribution in [2.75, 3.05) is 17.1 Å². The van der Waals surface area contributed by atoms with Crippen LogP contribution in [-0.4, -0.2) is 50.0 Å². The Bertz CT molecular complexity index is 1170. The average molecular weight is 500 g/mol. The van der Waals surface area contributed by atoms with Crippen molar-refractivity contribution in [3.63, 3.8) is 0 Å². The van der Waals surface area contributed by atoms with Gasteiger partial charge in [-0.3, -0.25) is 13.9 Å². The lowest BCUT2D eigenvalue weighted by molar-refractivity contribution is -0.139. The Morgan fingerprint density at radius 3 is 2.26 bits per heavy atom. The number of carbonyl (C=O) groups is 2. The first-order valence-corrected chi connectivity index (χ1v) is 14.0. The van der Waals surface area contributed by atoms with Gasteiger partial charge >= 0.3 is 0 Å². The maximum absolute atomic E-state index is 13.7. The van der Waals surface area contributed by atoms with E-state index in [2.05, 4.69) is 5.32 Å². The number of hydrogen-bond donors (Lipinski definition) is 1. The minimum absolute atomic E-state index is 0.128. The first kappa shape index (κ1) is 26.7. The van der Waals surface area contributed by atoms with E-state index in [1.54, 1.807) is 19.1 Å². The van der Waals surface area contributed by atoms with Gasteiger partial charge in [-0.2, -0.15) is 0 Å². The molecule has 2 aromatic rings. The Morgan fingerprint density at radius 1 is 1.00 bits per heavy atom. The number of hydrogen-bond acceptors (Lipinski definition) is 4. The molecule has 0 bridgehead atoms. The quantitative estimate of drug-likeness (QED) is 0.568. The predicted octanol–water partition coefficient (Wildman–Crippen LogP) is 3.85. The van der Waals surface area contributed by atoms with E-state index in [0.717, 1.165) is 58.5 Å².